The monoisotopic (exact) mass is 254 g/mol. The lowest BCUT2D eigenvalue weighted by Gasteiger charge is -2.36. The molecule has 1 amide bonds. The molecule has 0 saturated heterocycles. The van der Waals surface area contributed by atoms with Crippen molar-refractivity contribution in [2.75, 3.05) is 13.1 Å². The lowest BCUT2D eigenvalue weighted by Crippen LogP contribution is -2.49. The van der Waals surface area contributed by atoms with Crippen LogP contribution in [0.4, 0.5) is 0 Å². The Balaban J connectivity index is 2.65. The fourth-order valence-corrected chi connectivity index (χ4v) is 2.84. The molecule has 1 fully saturated rings. The second-order valence-electron chi connectivity index (χ2n) is 5.98. The number of nitrogens with zero attached hydrogens (tertiary/aromatic N) is 1. The van der Waals surface area contributed by atoms with Gasteiger partial charge in [0.25, 0.3) is 0 Å². The third-order valence-corrected chi connectivity index (χ3v) is 4.54. The van der Waals surface area contributed by atoms with E-state index in [9.17, 15) is 4.79 Å². The molecule has 1 saturated carbocycles. The number of carbonyl (C=O) groups excluding carboxylic acids is 1. The van der Waals surface area contributed by atoms with Crippen LogP contribution in [0.25, 0.3) is 0 Å². The average Bonchev–Trinajstić information content (AvgIpc) is 2.38. The third kappa shape index (κ3) is 3.71. The first-order chi connectivity index (χ1) is 8.51. The van der Waals surface area contributed by atoms with Crippen molar-refractivity contribution in [1.29, 1.82) is 0 Å². The van der Waals surface area contributed by atoms with Gasteiger partial charge in [-0.1, -0.05) is 33.6 Å². The molecule has 0 aromatic rings. The molecule has 0 aromatic heterocycles. The van der Waals surface area contributed by atoms with Crippen LogP contribution in [-0.4, -0.2) is 29.9 Å². The van der Waals surface area contributed by atoms with E-state index >= 15 is 0 Å². The summed E-state index contributed by atoms with van der Waals surface area (Å²) >= 11 is 0. The molecule has 1 aliphatic rings. The highest BCUT2D eigenvalue weighted by molar-refractivity contribution is 5.79. The Morgan fingerprint density at radius 1 is 1.39 bits per heavy atom. The van der Waals surface area contributed by atoms with E-state index in [0.717, 1.165) is 32.4 Å². The zero-order valence-electron chi connectivity index (χ0n) is 12.5. The van der Waals surface area contributed by atoms with Crippen LogP contribution in [0.3, 0.4) is 0 Å². The maximum atomic E-state index is 12.6. The van der Waals surface area contributed by atoms with Crippen molar-refractivity contribution in [3.05, 3.63) is 0 Å². The van der Waals surface area contributed by atoms with Gasteiger partial charge in [0.2, 0.25) is 5.91 Å². The molecule has 2 N–H and O–H groups in total. The molecule has 1 rings (SSSR count). The Labute approximate surface area is 112 Å². The fourth-order valence-electron chi connectivity index (χ4n) is 2.84. The van der Waals surface area contributed by atoms with Crippen LogP contribution in [0.15, 0.2) is 0 Å². The van der Waals surface area contributed by atoms with Crippen molar-refractivity contribution in [2.45, 2.75) is 59.4 Å². The van der Waals surface area contributed by atoms with Crippen LogP contribution in [-0.2, 0) is 4.79 Å². The van der Waals surface area contributed by atoms with Gasteiger partial charge in [0, 0.05) is 19.1 Å². The summed E-state index contributed by atoms with van der Waals surface area (Å²) in [6.45, 7) is 10.3. The van der Waals surface area contributed by atoms with E-state index < -0.39 is 0 Å². The maximum Gasteiger partial charge on any atom is 0.227 e. The number of nitrogens with two attached hydrogens (primary N) is 1. The van der Waals surface area contributed by atoms with Gasteiger partial charge in [-0.3, -0.25) is 4.79 Å². The molecule has 0 spiro atoms. The number of hydrogen-bond donors (Lipinski definition) is 1. The molecule has 0 bridgehead atoms. The highest BCUT2D eigenvalue weighted by atomic mass is 16.2. The van der Waals surface area contributed by atoms with E-state index in [2.05, 4.69) is 27.7 Å². The topological polar surface area (TPSA) is 46.3 Å². The van der Waals surface area contributed by atoms with Crippen molar-refractivity contribution in [3.63, 3.8) is 0 Å². The second kappa shape index (κ2) is 7.13. The lowest BCUT2D eigenvalue weighted by atomic mass is 9.77. The minimum atomic E-state index is 0.0530. The van der Waals surface area contributed by atoms with Gasteiger partial charge < -0.3 is 10.6 Å². The van der Waals surface area contributed by atoms with Gasteiger partial charge in [0.15, 0.2) is 0 Å². The molecule has 3 nitrogen and oxygen atoms in total. The predicted octanol–water partition coefficient (Wildman–Crippen LogP) is 2.64. The summed E-state index contributed by atoms with van der Waals surface area (Å²) in [7, 11) is 0. The first kappa shape index (κ1) is 15.5. The summed E-state index contributed by atoms with van der Waals surface area (Å²) < 4.78 is 0. The fraction of sp³-hybridized carbons (Fsp3) is 0.933. The van der Waals surface area contributed by atoms with Crippen molar-refractivity contribution in [2.24, 2.45) is 23.5 Å². The predicted molar refractivity (Wildman–Crippen MR) is 76.2 cm³/mol. The molecule has 1 aliphatic carbocycles. The van der Waals surface area contributed by atoms with Crippen LogP contribution < -0.4 is 5.73 Å². The molecule has 18 heavy (non-hydrogen) atoms. The second-order valence-corrected chi connectivity index (χ2v) is 5.98. The highest BCUT2D eigenvalue weighted by Crippen LogP contribution is 2.29. The average molecular weight is 254 g/mol. The Morgan fingerprint density at radius 2 is 2.06 bits per heavy atom. The normalized spacial score (nSPS) is 29.9. The van der Waals surface area contributed by atoms with E-state index in [0.29, 0.717) is 11.8 Å². The van der Waals surface area contributed by atoms with Crippen LogP contribution in [0.1, 0.15) is 53.4 Å². The van der Waals surface area contributed by atoms with E-state index in [1.807, 2.05) is 4.90 Å². The number of amides is 1. The zero-order valence-corrected chi connectivity index (χ0v) is 12.5. The molecule has 106 valence electrons. The van der Waals surface area contributed by atoms with Crippen LogP contribution in [0.5, 0.6) is 0 Å². The highest BCUT2D eigenvalue weighted by Gasteiger charge is 2.34. The minimum absolute atomic E-state index is 0.0530. The first-order valence-corrected chi connectivity index (χ1v) is 7.55. The Hall–Kier alpha value is -0.570. The first-order valence-electron chi connectivity index (χ1n) is 7.55. The van der Waals surface area contributed by atoms with E-state index in [-0.39, 0.29) is 17.9 Å². The summed E-state index contributed by atoms with van der Waals surface area (Å²) in [4.78, 5) is 14.6. The minimum Gasteiger partial charge on any atom is -0.342 e. The number of rotatable bonds is 5. The number of carbonyl (C=O) groups is 1. The smallest absolute Gasteiger partial charge is 0.227 e. The Bertz CT molecular complexity index is 267. The maximum absolute atomic E-state index is 12.6. The molecule has 0 radical (unpaired) electrons. The van der Waals surface area contributed by atoms with Gasteiger partial charge in [-0.25, -0.2) is 0 Å². The zero-order chi connectivity index (χ0) is 13.7. The van der Waals surface area contributed by atoms with Crippen LogP contribution >= 0.6 is 0 Å². The summed E-state index contributed by atoms with van der Waals surface area (Å²) in [5.74, 6) is 1.40. The quantitative estimate of drug-likeness (QED) is 0.820. The summed E-state index contributed by atoms with van der Waals surface area (Å²) in [5, 5.41) is 0. The Kier molecular flexibility index (Phi) is 6.13. The molecule has 0 heterocycles. The molecular formula is C15H30N2O. The standard InChI is InChI=1S/C15H30N2O/c1-5-11(3)10-17(6-2)15(18)13-9-7-8-12(4)14(13)16/h11-14H,5-10,16H2,1-4H3. The van der Waals surface area contributed by atoms with Gasteiger partial charge >= 0.3 is 0 Å². The van der Waals surface area contributed by atoms with Gasteiger partial charge in [-0.2, -0.15) is 0 Å². The molecule has 4 atom stereocenters. The van der Waals surface area contributed by atoms with Crippen molar-refractivity contribution < 1.29 is 4.79 Å². The van der Waals surface area contributed by atoms with Crippen molar-refractivity contribution in [1.82, 2.24) is 4.90 Å². The third-order valence-electron chi connectivity index (χ3n) is 4.54. The molecule has 0 aromatic carbocycles. The van der Waals surface area contributed by atoms with Gasteiger partial charge in [0.05, 0.1) is 5.92 Å². The van der Waals surface area contributed by atoms with Gasteiger partial charge in [-0.15, -0.1) is 0 Å². The summed E-state index contributed by atoms with van der Waals surface area (Å²) in [5.41, 5.74) is 6.23. The molecular weight excluding hydrogens is 224 g/mol. The lowest BCUT2D eigenvalue weighted by molar-refractivity contribution is -0.138. The van der Waals surface area contributed by atoms with Crippen molar-refractivity contribution >= 4 is 5.91 Å². The van der Waals surface area contributed by atoms with Crippen molar-refractivity contribution in [3.8, 4) is 0 Å². The van der Waals surface area contributed by atoms with Gasteiger partial charge in [0.1, 0.15) is 0 Å². The van der Waals surface area contributed by atoms with E-state index in [1.165, 1.54) is 6.42 Å². The van der Waals surface area contributed by atoms with Gasteiger partial charge in [-0.05, 0) is 31.6 Å². The van der Waals surface area contributed by atoms with E-state index in [4.69, 9.17) is 5.73 Å². The van der Waals surface area contributed by atoms with Crippen LogP contribution in [0, 0.1) is 17.8 Å². The molecule has 4 unspecified atom stereocenters. The van der Waals surface area contributed by atoms with Crippen LogP contribution in [0.2, 0.25) is 0 Å². The summed E-state index contributed by atoms with van der Waals surface area (Å²) in [6.07, 6.45) is 4.41. The molecule has 3 heteroatoms. The molecule has 0 aliphatic heterocycles. The largest absolute Gasteiger partial charge is 0.342 e. The summed E-state index contributed by atoms with van der Waals surface area (Å²) in [6, 6.07) is 0.0530. The Morgan fingerprint density at radius 3 is 2.61 bits per heavy atom. The van der Waals surface area contributed by atoms with E-state index in [1.54, 1.807) is 0 Å². The SMILES string of the molecule is CCC(C)CN(CC)C(=O)C1CCCC(C)C1N. The number of hydrogen-bond acceptors (Lipinski definition) is 2.